The van der Waals surface area contributed by atoms with E-state index in [1.165, 1.54) is 6.92 Å². The Morgan fingerprint density at radius 1 is 1.14 bits per heavy atom. The summed E-state index contributed by atoms with van der Waals surface area (Å²) in [6.07, 6.45) is -3.33. The first kappa shape index (κ1) is 36.4. The molecule has 2 rings (SSSR count). The molecule has 0 radical (unpaired) electrons. The first-order valence-electron chi connectivity index (χ1n) is 6.70. The van der Waals surface area contributed by atoms with Gasteiger partial charge in [0.25, 0.3) is 5.56 Å². The predicted molar refractivity (Wildman–Crippen MR) is 70.6 cm³/mol. The first-order valence-corrected chi connectivity index (χ1v) is 9.62. The van der Waals surface area contributed by atoms with Crippen LogP contribution in [-0.4, -0.2) is 28.4 Å². The normalized spacial score (nSPS) is 21.2. The van der Waals surface area contributed by atoms with Crippen molar-refractivity contribution in [2.75, 3.05) is 6.61 Å². The van der Waals surface area contributed by atoms with Crippen LogP contribution in [0.2, 0.25) is 0 Å². The number of phosphoric ester groups is 2. The van der Waals surface area contributed by atoms with Crippen molar-refractivity contribution < 1.29 is 161 Å². The predicted octanol–water partition coefficient (Wildman–Crippen LogP) is -15.8. The van der Waals surface area contributed by atoms with Crippen LogP contribution in [0.1, 0.15) is 18.2 Å². The summed E-state index contributed by atoms with van der Waals surface area (Å²) in [6.45, 7) is 0.482. The molecule has 19 heteroatoms. The molecule has 1 aromatic heterocycles. The third kappa shape index (κ3) is 12.2. The number of nitrogens with one attached hydrogen (secondary N) is 1. The van der Waals surface area contributed by atoms with E-state index >= 15 is 0 Å². The molecule has 142 valence electrons. The molecule has 2 heterocycles. The van der Waals surface area contributed by atoms with Crippen molar-refractivity contribution in [3.8, 4) is 0 Å². The summed E-state index contributed by atoms with van der Waals surface area (Å²) in [7, 11) is -10.9. The topological polar surface area (TPSA) is 209 Å². The second kappa shape index (κ2) is 15.0. The third-order valence-electron chi connectivity index (χ3n) is 3.30. The van der Waals surface area contributed by atoms with Crippen LogP contribution in [0.15, 0.2) is 15.8 Å². The molecule has 0 aliphatic carbocycles. The summed E-state index contributed by atoms with van der Waals surface area (Å²) >= 11 is 0. The second-order valence-electron chi connectivity index (χ2n) is 5.18. The molecule has 3 atom stereocenters. The molecule has 0 unspecified atom stereocenters. The van der Waals surface area contributed by atoms with Gasteiger partial charge in [-0.3, -0.25) is 14.3 Å². The monoisotopic (exact) mass is 490 g/mol. The van der Waals surface area contributed by atoms with Crippen molar-refractivity contribution in [2.24, 2.45) is 0 Å². The number of ether oxygens (including phenoxy) is 1. The van der Waals surface area contributed by atoms with Gasteiger partial charge >= 0.3 is 124 Å². The van der Waals surface area contributed by atoms with Crippen LogP contribution in [0.25, 0.3) is 0 Å². The number of rotatable bonds is 6. The van der Waals surface area contributed by atoms with Gasteiger partial charge in [0.05, 0.1) is 28.4 Å². The molecule has 29 heavy (non-hydrogen) atoms. The molecule has 13 nitrogen and oxygen atoms in total. The van der Waals surface area contributed by atoms with Crippen LogP contribution in [-0.2, 0) is 22.9 Å². The summed E-state index contributed by atoms with van der Waals surface area (Å²) in [5.74, 6) is 0. The van der Waals surface area contributed by atoms with E-state index in [4.69, 9.17) is 4.74 Å². The van der Waals surface area contributed by atoms with E-state index in [9.17, 15) is 38.3 Å². The van der Waals surface area contributed by atoms with Gasteiger partial charge in [-0.05, 0) is 6.92 Å². The number of nitrogens with zero attached hydrogens (tertiary/aromatic N) is 1. The van der Waals surface area contributed by atoms with E-state index in [-0.39, 0.29) is 130 Å². The number of aryl methyl sites for hydroxylation is 1. The number of hydrogen-bond acceptors (Lipinski definition) is 11. The van der Waals surface area contributed by atoms with Crippen LogP contribution in [0.4, 0.5) is 0 Å². The molecule has 0 spiro atoms. The van der Waals surface area contributed by atoms with Gasteiger partial charge in [-0.15, -0.1) is 0 Å². The molecule has 1 N–H and O–H groups in total. The number of H-pyrrole nitrogens is 1. The molecule has 1 aromatic rings. The average Bonchev–Trinajstić information content (AvgIpc) is 2.80. The molecule has 1 saturated heterocycles. The summed E-state index contributed by atoms with van der Waals surface area (Å²) in [5.41, 5.74) is -1.39. The van der Waals surface area contributed by atoms with E-state index < -0.39 is 51.9 Å². The minimum absolute atomic E-state index is 0. The van der Waals surface area contributed by atoms with Crippen molar-refractivity contribution >= 4 is 15.6 Å². The molecular formula is C10H12N2Na4O11P2. The molecule has 1 aliphatic heterocycles. The molecule has 0 aromatic carbocycles. The zero-order valence-electron chi connectivity index (χ0n) is 16.6. The van der Waals surface area contributed by atoms with Gasteiger partial charge < -0.3 is 42.5 Å². The van der Waals surface area contributed by atoms with Crippen molar-refractivity contribution in [2.45, 2.75) is 31.8 Å². The fourth-order valence-electron chi connectivity index (χ4n) is 2.26. The molecule has 0 saturated carbocycles. The molecule has 0 bridgehead atoms. The Morgan fingerprint density at radius 3 is 2.17 bits per heavy atom. The summed E-state index contributed by atoms with van der Waals surface area (Å²) < 4.78 is 35.8. The number of phosphoric acid groups is 2. The number of aromatic nitrogens is 2. The Labute approximate surface area is 253 Å². The van der Waals surface area contributed by atoms with Gasteiger partial charge in [0.1, 0.15) is 12.3 Å². The standard InChI is InChI=1S/C10H16N2O11P2.4Na/c1-5-3-12(10(14)11-9(5)13)8-2-6(23-25(18,19)20)7(22-8)4-21-24(15,16)17;;;;/h3,6-8H,2,4H2,1H3,(H,11,13,14)(H2,15,16,17)(H2,18,19,20);;;;/q;4*+1/p-4/t6-,7-,8-;;;;/m1..../s1. The van der Waals surface area contributed by atoms with Crippen LogP contribution in [0.3, 0.4) is 0 Å². The summed E-state index contributed by atoms with van der Waals surface area (Å²) in [6, 6.07) is 0. The van der Waals surface area contributed by atoms with Gasteiger partial charge in [-0.1, -0.05) is 0 Å². The van der Waals surface area contributed by atoms with Gasteiger partial charge in [-0.2, -0.15) is 0 Å². The second-order valence-corrected chi connectivity index (χ2v) is 7.44. The maximum absolute atomic E-state index is 11.8. The molecule has 1 fully saturated rings. The molecule has 0 amide bonds. The van der Waals surface area contributed by atoms with Crippen LogP contribution in [0, 0.1) is 6.92 Å². The van der Waals surface area contributed by atoms with Gasteiger partial charge in [0.15, 0.2) is 0 Å². The van der Waals surface area contributed by atoms with E-state index in [1.807, 2.05) is 4.98 Å². The quantitative estimate of drug-likeness (QED) is 0.292. The van der Waals surface area contributed by atoms with E-state index in [2.05, 4.69) is 9.05 Å². The molecular weight excluding hydrogens is 478 g/mol. The van der Waals surface area contributed by atoms with Crippen molar-refractivity contribution in [3.05, 3.63) is 32.6 Å². The fourth-order valence-corrected chi connectivity index (χ4v) is 3.15. The van der Waals surface area contributed by atoms with Gasteiger partial charge in [0.2, 0.25) is 0 Å². The minimum atomic E-state index is -5.47. The summed E-state index contributed by atoms with van der Waals surface area (Å²) in [4.78, 5) is 67.9. The fraction of sp³-hybridized carbons (Fsp3) is 0.600. The Bertz CT molecular complexity index is 853. The number of aromatic amines is 1. The largest absolute Gasteiger partial charge is 1.00 e. The van der Waals surface area contributed by atoms with Crippen molar-refractivity contribution in [1.82, 2.24) is 9.55 Å². The van der Waals surface area contributed by atoms with Gasteiger partial charge in [0, 0.05) is 18.2 Å². The Morgan fingerprint density at radius 2 is 1.69 bits per heavy atom. The van der Waals surface area contributed by atoms with Gasteiger partial charge in [-0.25, -0.2) is 4.79 Å². The van der Waals surface area contributed by atoms with E-state index in [0.29, 0.717) is 0 Å². The Hall–Kier alpha value is 2.86. The zero-order valence-corrected chi connectivity index (χ0v) is 26.3. The zero-order chi connectivity index (χ0) is 19.0. The van der Waals surface area contributed by atoms with E-state index in [0.717, 1.165) is 10.8 Å². The Balaban J connectivity index is -0.00000169. The first-order chi connectivity index (χ1) is 11.4. The van der Waals surface area contributed by atoms with Crippen LogP contribution in [0.5, 0.6) is 0 Å². The van der Waals surface area contributed by atoms with Crippen molar-refractivity contribution in [3.63, 3.8) is 0 Å². The van der Waals surface area contributed by atoms with Crippen LogP contribution >= 0.6 is 15.6 Å². The SMILES string of the molecule is Cc1cn([C@H]2C[C@@H](OP(=O)([O-])[O-])[C@@H](COP(=O)([O-])[O-])O2)c(=O)[nH]c1=O.[Na+].[Na+].[Na+].[Na+]. The Kier molecular flexibility index (Phi) is 18.8. The van der Waals surface area contributed by atoms with Crippen molar-refractivity contribution in [1.29, 1.82) is 0 Å². The number of hydrogen-bond donors (Lipinski definition) is 1. The average molecular weight is 490 g/mol. The maximum Gasteiger partial charge on any atom is 1.00 e. The maximum atomic E-state index is 11.8. The molecule has 1 aliphatic rings. The van der Waals surface area contributed by atoms with Crippen LogP contribution < -0.4 is 149 Å². The smallest absolute Gasteiger partial charge is 0.790 e. The van der Waals surface area contributed by atoms with E-state index in [1.54, 1.807) is 0 Å². The third-order valence-corrected chi connectivity index (χ3v) is 4.29. The minimum Gasteiger partial charge on any atom is -0.790 e. The summed E-state index contributed by atoms with van der Waals surface area (Å²) in [5, 5.41) is 0.